The molecule has 0 bridgehead atoms. The fourth-order valence-electron chi connectivity index (χ4n) is 3.25. The molecule has 2 atom stereocenters. The number of carbonyl (C=O) groups excluding carboxylic acids is 1. The molecule has 0 radical (unpaired) electrons. The van der Waals surface area contributed by atoms with E-state index in [1.54, 1.807) is 11.3 Å². The predicted octanol–water partition coefficient (Wildman–Crippen LogP) is 3.00. The van der Waals surface area contributed by atoms with E-state index >= 15 is 0 Å². The summed E-state index contributed by atoms with van der Waals surface area (Å²) in [5.74, 6) is 1.55. The Labute approximate surface area is 112 Å². The van der Waals surface area contributed by atoms with Crippen molar-refractivity contribution in [2.75, 3.05) is 13.1 Å². The maximum Gasteiger partial charge on any atom is 0.317 e. The van der Waals surface area contributed by atoms with Crippen molar-refractivity contribution in [2.45, 2.75) is 32.7 Å². The summed E-state index contributed by atoms with van der Waals surface area (Å²) in [4.78, 5) is 14.1. The van der Waals surface area contributed by atoms with Gasteiger partial charge in [0.1, 0.15) is 0 Å². The number of nitrogens with one attached hydrogen (secondary N) is 1. The second-order valence-electron chi connectivity index (χ2n) is 5.59. The Kier molecular flexibility index (Phi) is 3.29. The molecule has 1 aromatic heterocycles. The van der Waals surface area contributed by atoms with E-state index in [0.717, 1.165) is 24.9 Å². The second-order valence-corrected chi connectivity index (χ2v) is 6.34. The largest absolute Gasteiger partial charge is 0.334 e. The third-order valence-electron chi connectivity index (χ3n) is 4.41. The van der Waals surface area contributed by atoms with E-state index in [4.69, 9.17) is 0 Å². The summed E-state index contributed by atoms with van der Waals surface area (Å²) < 4.78 is 0. The van der Waals surface area contributed by atoms with Gasteiger partial charge in [-0.05, 0) is 53.5 Å². The summed E-state index contributed by atoms with van der Waals surface area (Å²) in [6.07, 6.45) is 4.00. The standard InChI is InChI=1S/C14H20N2OS/c1-10-8-18-9-13(10)5-15-14(17)16-6-11-3-2-4-12(11)7-16/h8-9,11-12H,2-7H2,1H3,(H,15,17)/t11-,12+. The lowest BCUT2D eigenvalue weighted by Crippen LogP contribution is -2.38. The van der Waals surface area contributed by atoms with Gasteiger partial charge in [-0.15, -0.1) is 0 Å². The van der Waals surface area contributed by atoms with E-state index in [1.807, 2.05) is 4.90 Å². The monoisotopic (exact) mass is 264 g/mol. The van der Waals surface area contributed by atoms with Crippen molar-refractivity contribution < 1.29 is 4.79 Å². The van der Waals surface area contributed by atoms with E-state index in [9.17, 15) is 4.79 Å². The zero-order valence-electron chi connectivity index (χ0n) is 10.8. The van der Waals surface area contributed by atoms with Crippen LogP contribution >= 0.6 is 11.3 Å². The zero-order chi connectivity index (χ0) is 12.5. The highest BCUT2D eigenvalue weighted by molar-refractivity contribution is 7.08. The molecule has 0 aromatic carbocycles. The van der Waals surface area contributed by atoms with E-state index in [2.05, 4.69) is 23.0 Å². The number of rotatable bonds is 2. The normalized spacial score (nSPS) is 26.4. The van der Waals surface area contributed by atoms with Gasteiger partial charge in [-0.25, -0.2) is 4.79 Å². The minimum absolute atomic E-state index is 0.120. The maximum absolute atomic E-state index is 12.1. The molecule has 2 heterocycles. The number of nitrogens with zero attached hydrogens (tertiary/aromatic N) is 1. The molecule has 2 fully saturated rings. The van der Waals surface area contributed by atoms with E-state index in [1.165, 1.54) is 30.4 Å². The molecule has 0 unspecified atom stereocenters. The van der Waals surface area contributed by atoms with Crippen molar-refractivity contribution in [2.24, 2.45) is 11.8 Å². The molecule has 1 N–H and O–H groups in total. The van der Waals surface area contributed by atoms with Gasteiger partial charge in [0.2, 0.25) is 0 Å². The summed E-state index contributed by atoms with van der Waals surface area (Å²) in [5.41, 5.74) is 2.52. The van der Waals surface area contributed by atoms with Gasteiger partial charge in [-0.1, -0.05) is 6.42 Å². The molecule has 0 spiro atoms. The van der Waals surface area contributed by atoms with Gasteiger partial charge in [0.25, 0.3) is 0 Å². The summed E-state index contributed by atoms with van der Waals surface area (Å²) in [7, 11) is 0. The van der Waals surface area contributed by atoms with Crippen LogP contribution < -0.4 is 5.32 Å². The average Bonchev–Trinajstić information content (AvgIpc) is 3.00. The van der Waals surface area contributed by atoms with Crippen LogP contribution in [0.2, 0.25) is 0 Å². The van der Waals surface area contributed by atoms with Crippen molar-refractivity contribution in [3.63, 3.8) is 0 Å². The Morgan fingerprint density at radius 1 is 1.39 bits per heavy atom. The minimum atomic E-state index is 0.120. The Balaban J connectivity index is 1.52. The van der Waals surface area contributed by atoms with Gasteiger partial charge in [-0.3, -0.25) is 0 Å². The summed E-state index contributed by atoms with van der Waals surface area (Å²) >= 11 is 1.70. The van der Waals surface area contributed by atoms with Crippen LogP contribution in [0.1, 0.15) is 30.4 Å². The van der Waals surface area contributed by atoms with Crippen molar-refractivity contribution >= 4 is 17.4 Å². The van der Waals surface area contributed by atoms with Gasteiger partial charge >= 0.3 is 6.03 Å². The number of fused-ring (bicyclic) bond motifs is 1. The first kappa shape index (κ1) is 12.0. The quantitative estimate of drug-likeness (QED) is 0.875. The van der Waals surface area contributed by atoms with E-state index in [0.29, 0.717) is 6.54 Å². The van der Waals surface area contributed by atoms with Crippen LogP contribution in [0.15, 0.2) is 10.8 Å². The number of amides is 2. The predicted molar refractivity (Wildman–Crippen MR) is 73.7 cm³/mol. The summed E-state index contributed by atoms with van der Waals surface area (Å²) in [5, 5.41) is 7.30. The van der Waals surface area contributed by atoms with E-state index in [-0.39, 0.29) is 6.03 Å². The number of thiophene rings is 1. The highest BCUT2D eigenvalue weighted by atomic mass is 32.1. The van der Waals surface area contributed by atoms with Gasteiger partial charge in [0.05, 0.1) is 0 Å². The Hall–Kier alpha value is -1.03. The van der Waals surface area contributed by atoms with Crippen molar-refractivity contribution in [1.29, 1.82) is 0 Å². The van der Waals surface area contributed by atoms with Crippen LogP contribution in [-0.4, -0.2) is 24.0 Å². The van der Waals surface area contributed by atoms with Crippen molar-refractivity contribution in [3.05, 3.63) is 21.9 Å². The van der Waals surface area contributed by atoms with Crippen molar-refractivity contribution in [1.82, 2.24) is 10.2 Å². The van der Waals surface area contributed by atoms with Gasteiger partial charge < -0.3 is 10.2 Å². The number of hydrogen-bond donors (Lipinski definition) is 1. The molecule has 2 amide bonds. The molecule has 1 saturated heterocycles. The first-order chi connectivity index (χ1) is 8.74. The first-order valence-electron chi connectivity index (χ1n) is 6.78. The van der Waals surface area contributed by atoms with Crippen LogP contribution in [0.3, 0.4) is 0 Å². The molecule has 3 rings (SSSR count). The Bertz CT molecular complexity index is 431. The smallest absolute Gasteiger partial charge is 0.317 e. The topological polar surface area (TPSA) is 32.3 Å². The lowest BCUT2D eigenvalue weighted by atomic mass is 10.0. The fraction of sp³-hybridized carbons (Fsp3) is 0.643. The third-order valence-corrected chi connectivity index (χ3v) is 5.32. The second kappa shape index (κ2) is 4.92. The number of carbonyl (C=O) groups is 1. The summed E-state index contributed by atoms with van der Waals surface area (Å²) in [6.45, 7) is 4.70. The Morgan fingerprint density at radius 2 is 2.11 bits per heavy atom. The number of hydrogen-bond acceptors (Lipinski definition) is 2. The molecule has 4 heteroatoms. The highest BCUT2D eigenvalue weighted by Gasteiger charge is 2.37. The van der Waals surface area contributed by atoms with Gasteiger partial charge in [0, 0.05) is 19.6 Å². The molecular weight excluding hydrogens is 244 g/mol. The molecule has 18 heavy (non-hydrogen) atoms. The molecule has 1 aromatic rings. The molecule has 1 aliphatic carbocycles. The van der Waals surface area contributed by atoms with Crippen LogP contribution in [0, 0.1) is 18.8 Å². The molecule has 3 nitrogen and oxygen atoms in total. The van der Waals surface area contributed by atoms with Gasteiger partial charge in [0.15, 0.2) is 0 Å². The first-order valence-corrected chi connectivity index (χ1v) is 7.73. The lowest BCUT2D eigenvalue weighted by molar-refractivity contribution is 0.204. The average molecular weight is 264 g/mol. The van der Waals surface area contributed by atoms with Gasteiger partial charge in [-0.2, -0.15) is 11.3 Å². The molecule has 1 saturated carbocycles. The number of aryl methyl sites for hydroxylation is 1. The van der Waals surface area contributed by atoms with Crippen LogP contribution in [-0.2, 0) is 6.54 Å². The molecule has 1 aliphatic heterocycles. The lowest BCUT2D eigenvalue weighted by Gasteiger charge is -2.18. The maximum atomic E-state index is 12.1. The Morgan fingerprint density at radius 3 is 2.72 bits per heavy atom. The summed E-state index contributed by atoms with van der Waals surface area (Å²) in [6, 6.07) is 0.120. The third kappa shape index (κ3) is 2.26. The van der Waals surface area contributed by atoms with E-state index < -0.39 is 0 Å². The SMILES string of the molecule is Cc1cscc1CNC(=O)N1C[C@H]2CCC[C@H]2C1. The van der Waals surface area contributed by atoms with Crippen LogP contribution in [0.25, 0.3) is 0 Å². The molecule has 98 valence electrons. The minimum Gasteiger partial charge on any atom is -0.334 e. The molecule has 2 aliphatic rings. The number of likely N-dealkylation sites (tertiary alicyclic amines) is 1. The highest BCUT2D eigenvalue weighted by Crippen LogP contribution is 2.37. The van der Waals surface area contributed by atoms with Crippen molar-refractivity contribution in [3.8, 4) is 0 Å². The fourth-order valence-corrected chi connectivity index (χ4v) is 4.11. The van der Waals surface area contributed by atoms with Crippen LogP contribution in [0.4, 0.5) is 4.79 Å². The molecular formula is C14H20N2OS. The van der Waals surface area contributed by atoms with Crippen LogP contribution in [0.5, 0.6) is 0 Å². The zero-order valence-corrected chi connectivity index (χ0v) is 11.6. The number of urea groups is 1.